The summed E-state index contributed by atoms with van der Waals surface area (Å²) in [7, 11) is 0. The minimum atomic E-state index is -0.413. The number of nitro groups is 1. The molecule has 0 spiro atoms. The third-order valence-electron chi connectivity index (χ3n) is 1.63. The van der Waals surface area contributed by atoms with Gasteiger partial charge in [0, 0.05) is 17.5 Å². The van der Waals surface area contributed by atoms with Crippen LogP contribution in [0.2, 0.25) is 0 Å². The molecule has 2 rings (SSSR count). The van der Waals surface area contributed by atoms with Crippen LogP contribution in [0.3, 0.4) is 0 Å². The first kappa shape index (κ1) is 8.58. The fraction of sp³-hybridized carbons (Fsp3) is 0. The molecular formula is C7H3BrN2O2S. The lowest BCUT2D eigenvalue weighted by atomic mass is 10.2. The van der Waals surface area contributed by atoms with Crippen LogP contribution < -0.4 is 0 Å². The Morgan fingerprint density at radius 3 is 3.00 bits per heavy atom. The van der Waals surface area contributed by atoms with Gasteiger partial charge in [-0.3, -0.25) is 10.1 Å². The minimum Gasteiger partial charge on any atom is -0.258 e. The van der Waals surface area contributed by atoms with Gasteiger partial charge < -0.3 is 0 Å². The number of non-ortho nitro benzene ring substituents is 1. The topological polar surface area (TPSA) is 56.0 Å². The highest BCUT2D eigenvalue weighted by Crippen LogP contribution is 2.30. The Balaban J connectivity index is 2.72. The molecule has 0 aliphatic heterocycles. The first-order valence-electron chi connectivity index (χ1n) is 3.38. The molecule has 0 saturated carbocycles. The second-order valence-corrected chi connectivity index (χ2v) is 4.51. The fourth-order valence-electron chi connectivity index (χ4n) is 1.01. The highest BCUT2D eigenvalue weighted by Gasteiger charge is 2.09. The SMILES string of the molecule is O=[N+]([O-])c1ccc2nsc(Br)c2c1. The van der Waals surface area contributed by atoms with Crippen molar-refractivity contribution in [2.45, 2.75) is 0 Å². The van der Waals surface area contributed by atoms with Gasteiger partial charge in [-0.15, -0.1) is 0 Å². The zero-order chi connectivity index (χ0) is 9.42. The molecule has 66 valence electrons. The van der Waals surface area contributed by atoms with Crippen molar-refractivity contribution >= 4 is 44.1 Å². The predicted molar refractivity (Wildman–Crippen MR) is 54.0 cm³/mol. The summed E-state index contributed by atoms with van der Waals surface area (Å²) in [4.78, 5) is 10.0. The standard InChI is InChI=1S/C7H3BrN2O2S/c8-7-5-3-4(10(11)12)1-2-6(5)9-13-7/h1-3H. The molecule has 2 aromatic rings. The Morgan fingerprint density at radius 2 is 2.31 bits per heavy atom. The van der Waals surface area contributed by atoms with Crippen molar-refractivity contribution in [1.29, 1.82) is 0 Å². The lowest BCUT2D eigenvalue weighted by Gasteiger charge is -1.90. The van der Waals surface area contributed by atoms with Gasteiger partial charge in [0.2, 0.25) is 0 Å². The van der Waals surface area contributed by atoms with Gasteiger partial charge in [-0.1, -0.05) is 0 Å². The van der Waals surface area contributed by atoms with E-state index in [1.54, 1.807) is 6.07 Å². The van der Waals surface area contributed by atoms with E-state index in [0.717, 1.165) is 14.7 Å². The summed E-state index contributed by atoms with van der Waals surface area (Å²) in [6.07, 6.45) is 0. The number of halogens is 1. The van der Waals surface area contributed by atoms with Crippen LogP contribution in [-0.4, -0.2) is 9.30 Å². The monoisotopic (exact) mass is 258 g/mol. The normalized spacial score (nSPS) is 10.5. The lowest BCUT2D eigenvalue weighted by molar-refractivity contribution is -0.384. The number of nitrogens with zero attached hydrogens (tertiary/aromatic N) is 2. The van der Waals surface area contributed by atoms with Crippen LogP contribution in [0.5, 0.6) is 0 Å². The molecule has 0 saturated heterocycles. The van der Waals surface area contributed by atoms with Gasteiger partial charge in [0.1, 0.15) is 0 Å². The molecule has 0 unspecified atom stereocenters. The Labute approximate surface area is 85.6 Å². The number of hydrogen-bond acceptors (Lipinski definition) is 4. The molecule has 1 aromatic heterocycles. The van der Waals surface area contributed by atoms with E-state index in [9.17, 15) is 10.1 Å². The maximum Gasteiger partial charge on any atom is 0.270 e. The van der Waals surface area contributed by atoms with Gasteiger partial charge in [0.05, 0.1) is 14.2 Å². The molecule has 0 bridgehead atoms. The van der Waals surface area contributed by atoms with Gasteiger partial charge >= 0.3 is 0 Å². The average Bonchev–Trinajstić information content (AvgIpc) is 2.47. The molecule has 0 N–H and O–H groups in total. The quantitative estimate of drug-likeness (QED) is 0.584. The maximum atomic E-state index is 10.5. The van der Waals surface area contributed by atoms with Gasteiger partial charge in [-0.2, -0.15) is 4.37 Å². The van der Waals surface area contributed by atoms with Crippen molar-refractivity contribution in [2.75, 3.05) is 0 Å². The molecule has 6 heteroatoms. The molecule has 0 fully saturated rings. The third-order valence-corrected chi connectivity index (χ3v) is 3.16. The van der Waals surface area contributed by atoms with Crippen molar-refractivity contribution in [1.82, 2.24) is 4.37 Å². The fourth-order valence-corrected chi connectivity index (χ4v) is 2.15. The third kappa shape index (κ3) is 1.42. The Hall–Kier alpha value is -1.01. The van der Waals surface area contributed by atoms with Crippen molar-refractivity contribution in [2.24, 2.45) is 0 Å². The second kappa shape index (κ2) is 3.04. The molecule has 4 nitrogen and oxygen atoms in total. The summed E-state index contributed by atoms with van der Waals surface area (Å²) < 4.78 is 4.92. The number of hydrogen-bond donors (Lipinski definition) is 0. The van der Waals surface area contributed by atoms with Crippen molar-refractivity contribution in [3.8, 4) is 0 Å². The van der Waals surface area contributed by atoms with Gasteiger partial charge in [-0.25, -0.2) is 0 Å². The lowest BCUT2D eigenvalue weighted by Crippen LogP contribution is -1.86. The van der Waals surface area contributed by atoms with Crippen LogP contribution in [0.15, 0.2) is 22.0 Å². The Kier molecular flexibility index (Phi) is 2.01. The summed E-state index contributed by atoms with van der Waals surface area (Å²) in [5.41, 5.74) is 0.871. The van der Waals surface area contributed by atoms with Crippen LogP contribution in [0, 0.1) is 10.1 Å². The molecule has 0 amide bonds. The molecular weight excluding hydrogens is 256 g/mol. The van der Waals surface area contributed by atoms with E-state index in [0.29, 0.717) is 0 Å². The first-order valence-corrected chi connectivity index (χ1v) is 4.94. The zero-order valence-electron chi connectivity index (χ0n) is 6.23. The van der Waals surface area contributed by atoms with Gasteiger partial charge in [-0.05, 0) is 33.5 Å². The number of aromatic nitrogens is 1. The van der Waals surface area contributed by atoms with Crippen molar-refractivity contribution in [3.05, 3.63) is 32.1 Å². The van der Waals surface area contributed by atoms with Crippen LogP contribution in [0.25, 0.3) is 10.9 Å². The predicted octanol–water partition coefficient (Wildman–Crippen LogP) is 2.97. The minimum absolute atomic E-state index is 0.0911. The number of nitro benzene ring substituents is 1. The smallest absolute Gasteiger partial charge is 0.258 e. The van der Waals surface area contributed by atoms with Crippen LogP contribution in [0.1, 0.15) is 0 Å². The van der Waals surface area contributed by atoms with E-state index >= 15 is 0 Å². The Bertz CT molecular complexity index is 482. The molecule has 0 aliphatic rings. The Morgan fingerprint density at radius 1 is 1.54 bits per heavy atom. The molecule has 0 atom stereocenters. The molecule has 1 heterocycles. The highest BCUT2D eigenvalue weighted by atomic mass is 79.9. The summed E-state index contributed by atoms with van der Waals surface area (Å²) in [5.74, 6) is 0. The number of fused-ring (bicyclic) bond motifs is 1. The summed E-state index contributed by atoms with van der Waals surface area (Å²) in [6.45, 7) is 0. The molecule has 0 radical (unpaired) electrons. The van der Waals surface area contributed by atoms with Crippen LogP contribution in [0.4, 0.5) is 5.69 Å². The molecule has 0 aliphatic carbocycles. The van der Waals surface area contributed by atoms with Crippen LogP contribution in [-0.2, 0) is 0 Å². The van der Waals surface area contributed by atoms with Gasteiger partial charge in [0.15, 0.2) is 0 Å². The van der Waals surface area contributed by atoms with E-state index in [1.165, 1.54) is 23.7 Å². The number of rotatable bonds is 1. The molecule has 1 aromatic carbocycles. The first-order chi connectivity index (χ1) is 6.18. The second-order valence-electron chi connectivity index (χ2n) is 2.41. The van der Waals surface area contributed by atoms with E-state index < -0.39 is 4.92 Å². The molecule has 13 heavy (non-hydrogen) atoms. The average molecular weight is 259 g/mol. The summed E-state index contributed by atoms with van der Waals surface area (Å²) >= 11 is 4.57. The largest absolute Gasteiger partial charge is 0.270 e. The van der Waals surface area contributed by atoms with E-state index in [-0.39, 0.29) is 5.69 Å². The highest BCUT2D eigenvalue weighted by molar-refractivity contribution is 9.11. The number of benzene rings is 1. The van der Waals surface area contributed by atoms with Gasteiger partial charge in [0.25, 0.3) is 5.69 Å². The van der Waals surface area contributed by atoms with E-state index in [1.807, 2.05) is 0 Å². The zero-order valence-corrected chi connectivity index (χ0v) is 8.63. The summed E-state index contributed by atoms with van der Waals surface area (Å²) in [5, 5.41) is 11.2. The maximum absolute atomic E-state index is 10.5. The van der Waals surface area contributed by atoms with Crippen molar-refractivity contribution < 1.29 is 4.92 Å². The summed E-state index contributed by atoms with van der Waals surface area (Å²) in [6, 6.07) is 4.62. The van der Waals surface area contributed by atoms with Crippen LogP contribution >= 0.6 is 27.5 Å². The van der Waals surface area contributed by atoms with E-state index in [4.69, 9.17) is 0 Å². The van der Waals surface area contributed by atoms with Crippen molar-refractivity contribution in [3.63, 3.8) is 0 Å². The van der Waals surface area contributed by atoms with E-state index in [2.05, 4.69) is 20.3 Å².